The molecule has 1 aliphatic rings. The van der Waals surface area contributed by atoms with Gasteiger partial charge in [0.05, 0.1) is 10.5 Å². The molecule has 3 aromatic rings. The number of halogens is 3. The van der Waals surface area contributed by atoms with Crippen molar-refractivity contribution >= 4 is 69.5 Å². The van der Waals surface area contributed by atoms with Crippen molar-refractivity contribution in [3.05, 3.63) is 68.3 Å². The van der Waals surface area contributed by atoms with Crippen molar-refractivity contribution < 1.29 is 24.3 Å². The number of primary amides is 1. The molecular weight excluding hydrogens is 641 g/mol. The largest absolute Gasteiger partial charge is 0.465 e. The number of amides is 4. The van der Waals surface area contributed by atoms with Crippen molar-refractivity contribution in [3.63, 3.8) is 0 Å². The minimum absolute atomic E-state index is 0.0393. The van der Waals surface area contributed by atoms with Gasteiger partial charge in [-0.3, -0.25) is 19.3 Å². The third kappa shape index (κ3) is 7.34. The average Bonchev–Trinajstić information content (AvgIpc) is 3.33. The zero-order valence-corrected chi connectivity index (χ0v) is 27.8. The summed E-state index contributed by atoms with van der Waals surface area (Å²) in [5, 5.41) is 18.1. The number of hydrogen-bond acceptors (Lipinski definition) is 4. The highest BCUT2D eigenvalue weighted by Gasteiger charge is 2.47. The first kappa shape index (κ1) is 34.4. The lowest BCUT2D eigenvalue weighted by Gasteiger charge is -2.41. The molecule has 4 atom stereocenters. The van der Waals surface area contributed by atoms with Crippen LogP contribution in [0.15, 0.2) is 36.4 Å². The Morgan fingerprint density at radius 1 is 1.07 bits per heavy atom. The maximum Gasteiger partial charge on any atom is 0.408 e. The molecule has 0 aliphatic heterocycles. The monoisotopic (exact) mass is 677 g/mol. The predicted octanol–water partition coefficient (Wildman–Crippen LogP) is 5.69. The molecule has 4 amide bonds. The molecule has 0 fully saturated rings. The van der Waals surface area contributed by atoms with Crippen molar-refractivity contribution in [1.29, 1.82) is 0 Å². The van der Waals surface area contributed by atoms with E-state index in [9.17, 15) is 24.3 Å². The second-order valence-electron chi connectivity index (χ2n) is 12.1. The summed E-state index contributed by atoms with van der Waals surface area (Å²) in [5.74, 6) is -2.66. The quantitative estimate of drug-likeness (QED) is 0.176. The molecular formula is C32H38Cl3N5O5. The molecule has 10 nitrogen and oxygen atoms in total. The predicted molar refractivity (Wildman–Crippen MR) is 175 cm³/mol. The van der Waals surface area contributed by atoms with E-state index in [1.165, 1.54) is 0 Å². The van der Waals surface area contributed by atoms with Crippen LogP contribution < -0.4 is 16.4 Å². The summed E-state index contributed by atoms with van der Waals surface area (Å²) in [6.07, 6.45) is -0.239. The van der Waals surface area contributed by atoms with E-state index in [2.05, 4.69) is 15.6 Å². The molecule has 0 radical (unpaired) electrons. The number of aromatic nitrogens is 1. The van der Waals surface area contributed by atoms with Crippen molar-refractivity contribution in [3.8, 4) is 0 Å². The molecule has 13 heteroatoms. The molecule has 1 aliphatic carbocycles. The normalized spacial score (nSPS) is 18.1. The second kappa shape index (κ2) is 13.9. The molecule has 2 aromatic carbocycles. The summed E-state index contributed by atoms with van der Waals surface area (Å²) in [6.45, 7) is 7.09. The number of carboxylic acid groups (broad SMARTS) is 1. The number of nitrogens with two attached hydrogens (primary N) is 1. The van der Waals surface area contributed by atoms with Crippen LogP contribution >= 0.6 is 34.8 Å². The van der Waals surface area contributed by atoms with Gasteiger partial charge < -0.3 is 26.5 Å². The molecule has 1 unspecified atom stereocenters. The van der Waals surface area contributed by atoms with Gasteiger partial charge in [0, 0.05) is 34.1 Å². The van der Waals surface area contributed by atoms with Gasteiger partial charge in [0.1, 0.15) is 17.6 Å². The van der Waals surface area contributed by atoms with Gasteiger partial charge in [0.2, 0.25) is 17.7 Å². The highest BCUT2D eigenvalue weighted by atomic mass is 35.5. The number of benzene rings is 2. The van der Waals surface area contributed by atoms with E-state index in [1.807, 2.05) is 6.92 Å². The van der Waals surface area contributed by atoms with E-state index in [4.69, 9.17) is 40.5 Å². The van der Waals surface area contributed by atoms with Gasteiger partial charge in [-0.05, 0) is 60.1 Å². The van der Waals surface area contributed by atoms with Gasteiger partial charge >= 0.3 is 6.09 Å². The van der Waals surface area contributed by atoms with Crippen LogP contribution in [-0.2, 0) is 33.8 Å². The van der Waals surface area contributed by atoms with E-state index < -0.39 is 47.4 Å². The van der Waals surface area contributed by atoms with Gasteiger partial charge in [-0.2, -0.15) is 0 Å². The number of nitrogens with zero attached hydrogens (tertiary/aromatic N) is 1. The van der Waals surface area contributed by atoms with Crippen LogP contribution in [0.2, 0.25) is 15.1 Å². The zero-order valence-electron chi connectivity index (χ0n) is 25.5. The first-order valence-electron chi connectivity index (χ1n) is 14.8. The van der Waals surface area contributed by atoms with E-state index in [0.717, 1.165) is 16.2 Å². The van der Waals surface area contributed by atoms with E-state index in [-0.39, 0.29) is 25.3 Å². The number of H-pyrrole nitrogens is 1. The number of rotatable bonds is 11. The summed E-state index contributed by atoms with van der Waals surface area (Å²) in [4.78, 5) is 57.9. The van der Waals surface area contributed by atoms with Crippen LogP contribution in [-0.4, -0.2) is 56.4 Å². The molecule has 0 bridgehead atoms. The lowest BCUT2D eigenvalue weighted by Crippen LogP contribution is -2.67. The minimum atomic E-state index is -1.55. The molecule has 242 valence electrons. The van der Waals surface area contributed by atoms with Gasteiger partial charge in [0.25, 0.3) is 0 Å². The summed E-state index contributed by atoms with van der Waals surface area (Å²) in [6, 6.07) is 7.93. The number of aryl methyl sites for hydroxylation is 1. The molecule has 0 spiro atoms. The lowest BCUT2D eigenvalue weighted by molar-refractivity contribution is -0.139. The molecule has 1 heterocycles. The molecule has 1 aromatic heterocycles. The van der Waals surface area contributed by atoms with Crippen molar-refractivity contribution in [2.75, 3.05) is 0 Å². The Morgan fingerprint density at radius 2 is 1.73 bits per heavy atom. The topological polar surface area (TPSA) is 158 Å². The Balaban J connectivity index is 1.78. The Labute approximate surface area is 276 Å². The fourth-order valence-electron chi connectivity index (χ4n) is 5.99. The number of fused-ring (bicyclic) bond motifs is 3. The highest BCUT2D eigenvalue weighted by Crippen LogP contribution is 2.38. The van der Waals surface area contributed by atoms with E-state index in [0.29, 0.717) is 44.4 Å². The minimum Gasteiger partial charge on any atom is -0.465 e. The molecule has 4 rings (SSSR count). The summed E-state index contributed by atoms with van der Waals surface area (Å²) >= 11 is 18.9. The Bertz CT molecular complexity index is 1610. The van der Waals surface area contributed by atoms with E-state index >= 15 is 0 Å². The first-order chi connectivity index (χ1) is 21.2. The zero-order chi connectivity index (χ0) is 33.2. The molecule has 0 saturated heterocycles. The van der Waals surface area contributed by atoms with Crippen LogP contribution in [0.1, 0.15) is 57.4 Å². The van der Waals surface area contributed by atoms with Crippen LogP contribution in [0.25, 0.3) is 10.9 Å². The maximum absolute atomic E-state index is 14.3. The van der Waals surface area contributed by atoms with Crippen molar-refractivity contribution in [2.45, 2.75) is 77.5 Å². The van der Waals surface area contributed by atoms with Gasteiger partial charge in [-0.1, -0.05) is 81.1 Å². The number of hydrogen-bond donors (Lipinski definition) is 5. The number of aromatic amines is 1. The third-order valence-corrected chi connectivity index (χ3v) is 9.43. The van der Waals surface area contributed by atoms with Gasteiger partial charge in [0.15, 0.2) is 0 Å². The lowest BCUT2D eigenvalue weighted by atomic mass is 9.78. The highest BCUT2D eigenvalue weighted by molar-refractivity contribution is 6.38. The van der Waals surface area contributed by atoms with Gasteiger partial charge in [-0.25, -0.2) is 4.79 Å². The molecule has 0 saturated carbocycles. The average molecular weight is 679 g/mol. The van der Waals surface area contributed by atoms with Crippen molar-refractivity contribution in [2.24, 2.45) is 17.6 Å². The Morgan fingerprint density at radius 3 is 2.31 bits per heavy atom. The Hall–Kier alpha value is -3.47. The van der Waals surface area contributed by atoms with E-state index in [1.54, 1.807) is 57.2 Å². The SMILES string of the molecule is CCC(C)[C@@H](C(=O)N[C@]1(C(=O)N[C@H](C(N)=O)C(C)C)CCc2[nH]c3c(Cl)cc(Cl)cc3c2C1)N(Cc1ccc(Cl)cc1)C(=O)O. The smallest absolute Gasteiger partial charge is 0.408 e. The first-order valence-corrected chi connectivity index (χ1v) is 16.0. The second-order valence-corrected chi connectivity index (χ2v) is 13.4. The molecule has 45 heavy (non-hydrogen) atoms. The number of carbonyl (C=O) groups is 4. The summed E-state index contributed by atoms with van der Waals surface area (Å²) in [7, 11) is 0. The molecule has 6 N–H and O–H groups in total. The Kier molecular flexibility index (Phi) is 10.6. The number of carbonyl (C=O) groups excluding carboxylic acids is 3. The fourth-order valence-corrected chi connectivity index (χ4v) is 6.65. The standard InChI is InChI=1S/C32H38Cl3N5O5/c1-5-17(4)27(40(31(44)45)15-18-6-8-19(33)9-7-18)29(42)39-32(30(43)38-25(16(2)3)28(36)41)11-10-24-22(14-32)21-12-20(34)13-23(35)26(21)37-24/h6-9,12-13,16-17,25,27,37H,5,10-11,14-15H2,1-4H3,(H2,36,41)(H,38,43)(H,39,42)(H,44,45)/t17?,25-,27-,32+/m0/s1. The fraction of sp³-hybridized carbons (Fsp3) is 0.438. The van der Waals surface area contributed by atoms with Crippen LogP contribution in [0.5, 0.6) is 0 Å². The summed E-state index contributed by atoms with van der Waals surface area (Å²) in [5.41, 5.74) is 6.97. The van der Waals surface area contributed by atoms with Crippen LogP contribution in [0.3, 0.4) is 0 Å². The van der Waals surface area contributed by atoms with Crippen LogP contribution in [0.4, 0.5) is 4.79 Å². The van der Waals surface area contributed by atoms with Crippen LogP contribution in [0, 0.1) is 11.8 Å². The van der Waals surface area contributed by atoms with Crippen molar-refractivity contribution in [1.82, 2.24) is 20.5 Å². The summed E-state index contributed by atoms with van der Waals surface area (Å²) < 4.78 is 0. The maximum atomic E-state index is 14.3. The van der Waals surface area contributed by atoms with Gasteiger partial charge in [-0.15, -0.1) is 0 Å². The number of nitrogens with one attached hydrogen (secondary N) is 3. The third-order valence-electron chi connectivity index (χ3n) is 8.66.